The predicted molar refractivity (Wildman–Crippen MR) is 91.8 cm³/mol. The van der Waals surface area contributed by atoms with Crippen LogP contribution in [0.4, 0.5) is 0 Å². The smallest absolute Gasteiger partial charge is 0.303 e. The third kappa shape index (κ3) is 4.44. The highest BCUT2D eigenvalue weighted by Crippen LogP contribution is 2.30. The number of amides is 1. The van der Waals surface area contributed by atoms with Crippen LogP contribution in [0.1, 0.15) is 12.8 Å². The molecular weight excluding hydrogens is 364 g/mol. The lowest BCUT2D eigenvalue weighted by atomic mass is 10.2. The van der Waals surface area contributed by atoms with Crippen molar-refractivity contribution >= 4 is 21.9 Å². The van der Waals surface area contributed by atoms with Gasteiger partial charge in [0.2, 0.25) is 15.9 Å². The fourth-order valence-electron chi connectivity index (χ4n) is 2.68. The highest BCUT2D eigenvalue weighted by Gasteiger charge is 2.30. The van der Waals surface area contributed by atoms with Gasteiger partial charge in [-0.1, -0.05) is 0 Å². The second-order valence-corrected chi connectivity index (χ2v) is 7.63. The van der Waals surface area contributed by atoms with E-state index in [-0.39, 0.29) is 49.8 Å². The van der Waals surface area contributed by atoms with Crippen LogP contribution in [0, 0.1) is 0 Å². The zero-order valence-corrected chi connectivity index (χ0v) is 15.5. The summed E-state index contributed by atoms with van der Waals surface area (Å²) in [6, 6.07) is 4.37. The third-order valence-electron chi connectivity index (χ3n) is 4.14. The van der Waals surface area contributed by atoms with Gasteiger partial charge < -0.3 is 19.5 Å². The molecule has 26 heavy (non-hydrogen) atoms. The number of nitrogens with zero attached hydrogens (tertiary/aromatic N) is 2. The Balaban J connectivity index is 2.06. The Kier molecular flexibility index (Phi) is 6.43. The summed E-state index contributed by atoms with van der Waals surface area (Å²) in [5.41, 5.74) is 0. The summed E-state index contributed by atoms with van der Waals surface area (Å²) in [4.78, 5) is 24.1. The van der Waals surface area contributed by atoms with Gasteiger partial charge in [0, 0.05) is 38.7 Å². The van der Waals surface area contributed by atoms with Crippen molar-refractivity contribution in [2.24, 2.45) is 0 Å². The average Bonchev–Trinajstić information content (AvgIpc) is 2.65. The number of aliphatic carboxylic acids is 1. The SMILES string of the molecule is COc1ccc(S(=O)(=O)N2CCN(C(=O)CCC(=O)O)CC2)cc1OC. The van der Waals surface area contributed by atoms with Crippen molar-refractivity contribution in [2.75, 3.05) is 40.4 Å². The van der Waals surface area contributed by atoms with Crippen molar-refractivity contribution in [3.63, 3.8) is 0 Å². The molecule has 1 heterocycles. The molecule has 2 rings (SSSR count). The van der Waals surface area contributed by atoms with Gasteiger partial charge in [-0.25, -0.2) is 8.42 Å². The number of carboxylic acid groups (broad SMARTS) is 1. The van der Waals surface area contributed by atoms with Crippen molar-refractivity contribution in [3.8, 4) is 11.5 Å². The topological polar surface area (TPSA) is 113 Å². The summed E-state index contributed by atoms with van der Waals surface area (Å²) < 4.78 is 37.1. The van der Waals surface area contributed by atoms with Gasteiger partial charge in [-0.15, -0.1) is 0 Å². The maximum absolute atomic E-state index is 12.8. The van der Waals surface area contributed by atoms with Crippen LogP contribution in [0.5, 0.6) is 11.5 Å². The lowest BCUT2D eigenvalue weighted by Crippen LogP contribution is -2.50. The molecule has 0 spiro atoms. The quantitative estimate of drug-likeness (QED) is 0.722. The van der Waals surface area contributed by atoms with Crippen LogP contribution < -0.4 is 9.47 Å². The van der Waals surface area contributed by atoms with Gasteiger partial charge in [-0.2, -0.15) is 4.31 Å². The highest BCUT2D eigenvalue weighted by molar-refractivity contribution is 7.89. The van der Waals surface area contributed by atoms with Crippen molar-refractivity contribution in [3.05, 3.63) is 18.2 Å². The van der Waals surface area contributed by atoms with E-state index in [1.807, 2.05) is 0 Å². The number of rotatable bonds is 7. The van der Waals surface area contributed by atoms with E-state index in [4.69, 9.17) is 14.6 Å². The number of carbonyl (C=O) groups is 2. The maximum atomic E-state index is 12.8. The second-order valence-electron chi connectivity index (χ2n) is 5.70. The minimum absolute atomic E-state index is 0.0841. The van der Waals surface area contributed by atoms with Crippen molar-refractivity contribution in [1.29, 1.82) is 0 Å². The van der Waals surface area contributed by atoms with E-state index >= 15 is 0 Å². The summed E-state index contributed by atoms with van der Waals surface area (Å²) in [5, 5.41) is 8.64. The number of benzene rings is 1. The van der Waals surface area contributed by atoms with Crippen LogP contribution in [0.25, 0.3) is 0 Å². The van der Waals surface area contributed by atoms with E-state index in [9.17, 15) is 18.0 Å². The number of sulfonamides is 1. The number of methoxy groups -OCH3 is 2. The van der Waals surface area contributed by atoms with Crippen LogP contribution in [-0.2, 0) is 19.6 Å². The van der Waals surface area contributed by atoms with Gasteiger partial charge >= 0.3 is 5.97 Å². The van der Waals surface area contributed by atoms with E-state index in [2.05, 4.69) is 0 Å². The number of carboxylic acids is 1. The summed E-state index contributed by atoms with van der Waals surface area (Å²) in [6.07, 6.45) is -0.319. The molecule has 9 nitrogen and oxygen atoms in total. The maximum Gasteiger partial charge on any atom is 0.303 e. The lowest BCUT2D eigenvalue weighted by Gasteiger charge is -2.34. The van der Waals surface area contributed by atoms with E-state index in [0.717, 1.165) is 0 Å². The molecule has 1 saturated heterocycles. The molecule has 1 amide bonds. The normalized spacial score (nSPS) is 15.5. The Bertz CT molecular complexity index is 771. The number of piperazine rings is 1. The van der Waals surface area contributed by atoms with Gasteiger partial charge in [0.15, 0.2) is 11.5 Å². The molecule has 1 N–H and O–H groups in total. The zero-order chi connectivity index (χ0) is 19.3. The first-order valence-electron chi connectivity index (χ1n) is 8.01. The van der Waals surface area contributed by atoms with Crippen LogP contribution in [-0.4, -0.2) is 75.0 Å². The Labute approximate surface area is 152 Å². The summed E-state index contributed by atoms with van der Waals surface area (Å²) >= 11 is 0. The van der Waals surface area contributed by atoms with Gasteiger partial charge in [-0.05, 0) is 12.1 Å². The first-order chi connectivity index (χ1) is 12.3. The van der Waals surface area contributed by atoms with Crippen LogP contribution in [0.15, 0.2) is 23.1 Å². The van der Waals surface area contributed by atoms with Crippen LogP contribution >= 0.6 is 0 Å². The Morgan fingerprint density at radius 1 is 1.04 bits per heavy atom. The van der Waals surface area contributed by atoms with E-state index in [0.29, 0.717) is 11.5 Å². The molecule has 0 saturated carbocycles. The molecule has 0 atom stereocenters. The largest absolute Gasteiger partial charge is 0.493 e. The van der Waals surface area contributed by atoms with Gasteiger partial charge in [0.1, 0.15) is 0 Å². The minimum Gasteiger partial charge on any atom is -0.493 e. The molecule has 1 aliphatic heterocycles. The molecule has 10 heteroatoms. The van der Waals surface area contributed by atoms with Gasteiger partial charge in [0.05, 0.1) is 25.5 Å². The zero-order valence-electron chi connectivity index (χ0n) is 14.7. The Hall–Kier alpha value is -2.33. The molecule has 0 unspecified atom stereocenters. The minimum atomic E-state index is -3.73. The molecule has 1 aliphatic rings. The van der Waals surface area contributed by atoms with Gasteiger partial charge in [0.25, 0.3) is 0 Å². The number of hydrogen-bond donors (Lipinski definition) is 1. The van der Waals surface area contributed by atoms with E-state index in [1.54, 1.807) is 0 Å². The number of hydrogen-bond acceptors (Lipinski definition) is 6. The van der Waals surface area contributed by atoms with Crippen molar-refractivity contribution < 1.29 is 32.6 Å². The summed E-state index contributed by atoms with van der Waals surface area (Å²) in [5.74, 6) is -0.570. The molecule has 0 aliphatic carbocycles. The molecule has 1 fully saturated rings. The molecular formula is C16H22N2O7S. The second kappa shape index (κ2) is 8.37. The standard InChI is InChI=1S/C16H22N2O7S/c1-24-13-4-3-12(11-14(13)25-2)26(22,23)18-9-7-17(8-10-18)15(19)5-6-16(20)21/h3-4,11H,5-10H2,1-2H3,(H,20,21). The fraction of sp³-hybridized carbons (Fsp3) is 0.500. The Morgan fingerprint density at radius 3 is 2.19 bits per heavy atom. The highest BCUT2D eigenvalue weighted by atomic mass is 32.2. The first kappa shape index (κ1) is 20.0. The van der Waals surface area contributed by atoms with Crippen LogP contribution in [0.3, 0.4) is 0 Å². The summed E-state index contributed by atoms with van der Waals surface area (Å²) in [6.45, 7) is 0.751. The molecule has 144 valence electrons. The monoisotopic (exact) mass is 386 g/mol. The van der Waals surface area contributed by atoms with Crippen molar-refractivity contribution in [2.45, 2.75) is 17.7 Å². The molecule has 0 bridgehead atoms. The Morgan fingerprint density at radius 2 is 1.65 bits per heavy atom. The number of carbonyl (C=O) groups excluding carboxylic acids is 1. The third-order valence-corrected chi connectivity index (χ3v) is 6.03. The molecule has 0 radical (unpaired) electrons. The lowest BCUT2D eigenvalue weighted by molar-refractivity contribution is -0.141. The van der Waals surface area contributed by atoms with Gasteiger partial charge in [-0.3, -0.25) is 9.59 Å². The first-order valence-corrected chi connectivity index (χ1v) is 9.45. The van der Waals surface area contributed by atoms with Crippen LogP contribution in [0.2, 0.25) is 0 Å². The average molecular weight is 386 g/mol. The van der Waals surface area contributed by atoms with E-state index < -0.39 is 16.0 Å². The molecule has 1 aromatic rings. The van der Waals surface area contributed by atoms with Crippen molar-refractivity contribution in [1.82, 2.24) is 9.21 Å². The predicted octanol–water partition coefficient (Wildman–Crippen LogP) is 0.401. The summed E-state index contributed by atoms with van der Waals surface area (Å²) in [7, 11) is -0.838. The fourth-order valence-corrected chi connectivity index (χ4v) is 4.11. The molecule has 1 aromatic carbocycles. The van der Waals surface area contributed by atoms with E-state index in [1.165, 1.54) is 41.6 Å². The number of ether oxygens (including phenoxy) is 2. The molecule has 0 aromatic heterocycles.